The van der Waals surface area contributed by atoms with E-state index in [2.05, 4.69) is 10.6 Å². The number of carbonyl (C=O) groups excluding carboxylic acids is 1. The summed E-state index contributed by atoms with van der Waals surface area (Å²) in [7, 11) is 1.55. The Labute approximate surface area is 91.8 Å². The molecular weight excluding hydrogens is 192 g/mol. The Kier molecular flexibility index (Phi) is 4.54. The highest BCUT2D eigenvalue weighted by molar-refractivity contribution is 5.84. The minimum Gasteiger partial charge on any atom is -0.369 e. The molecule has 2 N–H and O–H groups in total. The van der Waals surface area contributed by atoms with Crippen molar-refractivity contribution in [3.8, 4) is 0 Å². The summed E-state index contributed by atoms with van der Waals surface area (Å²) in [4.78, 5) is 11.6. The van der Waals surface area contributed by atoms with E-state index in [-0.39, 0.29) is 5.91 Å². The Hall–Kier alpha value is -0.610. The van der Waals surface area contributed by atoms with Crippen LogP contribution in [0.3, 0.4) is 0 Å². The largest absolute Gasteiger partial charge is 0.369 e. The van der Waals surface area contributed by atoms with E-state index < -0.39 is 5.60 Å². The van der Waals surface area contributed by atoms with Crippen molar-refractivity contribution in [2.45, 2.75) is 44.8 Å². The lowest BCUT2D eigenvalue weighted by atomic mass is 10.1. The Morgan fingerprint density at radius 2 is 2.33 bits per heavy atom. The van der Waals surface area contributed by atoms with Crippen LogP contribution in [0, 0.1) is 0 Å². The van der Waals surface area contributed by atoms with E-state index in [4.69, 9.17) is 4.74 Å². The van der Waals surface area contributed by atoms with Crippen LogP contribution in [0.25, 0.3) is 0 Å². The topological polar surface area (TPSA) is 50.4 Å². The number of rotatable bonds is 5. The third kappa shape index (κ3) is 3.80. The van der Waals surface area contributed by atoms with Crippen molar-refractivity contribution >= 4 is 5.91 Å². The zero-order valence-electron chi connectivity index (χ0n) is 9.93. The van der Waals surface area contributed by atoms with Gasteiger partial charge in [-0.1, -0.05) is 0 Å². The molecule has 0 unspecified atom stereocenters. The van der Waals surface area contributed by atoms with Gasteiger partial charge in [0.05, 0.1) is 0 Å². The SMILES string of the molecule is COC(C)(C)C(=O)NCC[C@@H]1CCCN1. The number of hydrogen-bond donors (Lipinski definition) is 2. The molecule has 1 fully saturated rings. The van der Waals surface area contributed by atoms with Crippen molar-refractivity contribution in [1.82, 2.24) is 10.6 Å². The van der Waals surface area contributed by atoms with Gasteiger partial charge in [-0.2, -0.15) is 0 Å². The van der Waals surface area contributed by atoms with Crippen LogP contribution < -0.4 is 10.6 Å². The molecule has 1 aliphatic heterocycles. The van der Waals surface area contributed by atoms with Crippen molar-refractivity contribution in [2.24, 2.45) is 0 Å². The first-order chi connectivity index (χ1) is 7.06. The second-order valence-corrected chi connectivity index (χ2v) is 4.55. The Morgan fingerprint density at radius 1 is 1.60 bits per heavy atom. The molecule has 0 aromatic carbocycles. The van der Waals surface area contributed by atoms with Gasteiger partial charge in [0.15, 0.2) is 0 Å². The van der Waals surface area contributed by atoms with Crippen molar-refractivity contribution < 1.29 is 9.53 Å². The first-order valence-corrected chi connectivity index (χ1v) is 5.63. The van der Waals surface area contributed by atoms with Gasteiger partial charge in [0.2, 0.25) is 0 Å². The molecule has 0 saturated carbocycles. The third-order valence-electron chi connectivity index (χ3n) is 3.00. The summed E-state index contributed by atoms with van der Waals surface area (Å²) >= 11 is 0. The first-order valence-electron chi connectivity index (χ1n) is 5.63. The zero-order valence-corrected chi connectivity index (χ0v) is 9.93. The summed E-state index contributed by atoms with van der Waals surface area (Å²) in [5.74, 6) is -0.0389. The van der Waals surface area contributed by atoms with Crippen molar-refractivity contribution in [1.29, 1.82) is 0 Å². The fraction of sp³-hybridized carbons (Fsp3) is 0.909. The van der Waals surface area contributed by atoms with Crippen LogP contribution in [-0.2, 0) is 9.53 Å². The maximum Gasteiger partial charge on any atom is 0.251 e. The van der Waals surface area contributed by atoms with E-state index >= 15 is 0 Å². The number of amides is 1. The number of hydrogen-bond acceptors (Lipinski definition) is 3. The maximum absolute atomic E-state index is 11.6. The van der Waals surface area contributed by atoms with Crippen molar-refractivity contribution in [3.63, 3.8) is 0 Å². The quantitative estimate of drug-likeness (QED) is 0.707. The molecular formula is C11H22N2O2. The molecule has 4 nitrogen and oxygen atoms in total. The van der Waals surface area contributed by atoms with Crippen molar-refractivity contribution in [3.05, 3.63) is 0 Å². The molecule has 1 heterocycles. The lowest BCUT2D eigenvalue weighted by molar-refractivity contribution is -0.139. The molecule has 0 aromatic rings. The second kappa shape index (κ2) is 5.47. The highest BCUT2D eigenvalue weighted by Crippen LogP contribution is 2.09. The molecule has 0 aromatic heterocycles. The minimum atomic E-state index is -0.719. The fourth-order valence-electron chi connectivity index (χ4n) is 1.67. The summed E-state index contributed by atoms with van der Waals surface area (Å²) < 4.78 is 5.09. The van der Waals surface area contributed by atoms with Gasteiger partial charge >= 0.3 is 0 Å². The van der Waals surface area contributed by atoms with Crippen LogP contribution in [0.5, 0.6) is 0 Å². The highest BCUT2D eigenvalue weighted by atomic mass is 16.5. The summed E-state index contributed by atoms with van der Waals surface area (Å²) in [5, 5.41) is 6.30. The Bertz CT molecular complexity index is 211. The van der Waals surface area contributed by atoms with Gasteiger partial charge in [-0.05, 0) is 39.7 Å². The molecule has 15 heavy (non-hydrogen) atoms. The lowest BCUT2D eigenvalue weighted by Crippen LogP contribution is -2.44. The maximum atomic E-state index is 11.6. The van der Waals surface area contributed by atoms with Gasteiger partial charge in [0, 0.05) is 19.7 Å². The average molecular weight is 214 g/mol. The Morgan fingerprint density at radius 3 is 2.87 bits per heavy atom. The predicted octanol–water partition coefficient (Wildman–Crippen LogP) is 0.670. The lowest BCUT2D eigenvalue weighted by Gasteiger charge is -2.22. The summed E-state index contributed by atoms with van der Waals surface area (Å²) in [6.45, 7) is 5.39. The fourth-order valence-corrected chi connectivity index (χ4v) is 1.67. The predicted molar refractivity (Wildman–Crippen MR) is 59.7 cm³/mol. The van der Waals surface area contributed by atoms with E-state index in [1.165, 1.54) is 12.8 Å². The molecule has 1 aliphatic rings. The van der Waals surface area contributed by atoms with Gasteiger partial charge in [-0.25, -0.2) is 0 Å². The van der Waals surface area contributed by atoms with E-state index in [0.717, 1.165) is 19.5 Å². The van der Waals surface area contributed by atoms with Gasteiger partial charge in [0.25, 0.3) is 5.91 Å². The summed E-state index contributed by atoms with van der Waals surface area (Å²) in [6, 6.07) is 0.580. The minimum absolute atomic E-state index is 0.0389. The number of carbonyl (C=O) groups is 1. The third-order valence-corrected chi connectivity index (χ3v) is 3.00. The van der Waals surface area contributed by atoms with Crippen LogP contribution in [0.1, 0.15) is 33.1 Å². The molecule has 1 rings (SSSR count). The van der Waals surface area contributed by atoms with Gasteiger partial charge in [-0.15, -0.1) is 0 Å². The van der Waals surface area contributed by atoms with E-state index in [1.807, 2.05) is 0 Å². The van der Waals surface area contributed by atoms with E-state index in [0.29, 0.717) is 6.04 Å². The van der Waals surface area contributed by atoms with Crippen molar-refractivity contribution in [2.75, 3.05) is 20.2 Å². The Balaban J connectivity index is 2.16. The van der Waals surface area contributed by atoms with Crippen LogP contribution in [0.2, 0.25) is 0 Å². The number of methoxy groups -OCH3 is 1. The molecule has 0 aliphatic carbocycles. The van der Waals surface area contributed by atoms with Gasteiger partial charge in [-0.3, -0.25) is 4.79 Å². The first kappa shape index (κ1) is 12.5. The van der Waals surface area contributed by atoms with Gasteiger partial charge in [0.1, 0.15) is 5.60 Å². The normalized spacial score (nSPS) is 21.7. The van der Waals surface area contributed by atoms with E-state index in [9.17, 15) is 4.79 Å². The summed E-state index contributed by atoms with van der Waals surface area (Å²) in [6.07, 6.45) is 3.48. The number of nitrogens with one attached hydrogen (secondary N) is 2. The van der Waals surface area contributed by atoms with Gasteiger partial charge < -0.3 is 15.4 Å². The zero-order chi connectivity index (χ0) is 11.3. The second-order valence-electron chi connectivity index (χ2n) is 4.55. The molecule has 0 spiro atoms. The van der Waals surface area contributed by atoms with Crippen LogP contribution in [0.15, 0.2) is 0 Å². The molecule has 1 amide bonds. The molecule has 1 atom stereocenters. The van der Waals surface area contributed by atoms with Crippen LogP contribution >= 0.6 is 0 Å². The summed E-state index contributed by atoms with van der Waals surface area (Å²) in [5.41, 5.74) is -0.719. The highest BCUT2D eigenvalue weighted by Gasteiger charge is 2.26. The van der Waals surface area contributed by atoms with E-state index in [1.54, 1.807) is 21.0 Å². The smallest absolute Gasteiger partial charge is 0.251 e. The van der Waals surface area contributed by atoms with Crippen LogP contribution in [0.4, 0.5) is 0 Å². The van der Waals surface area contributed by atoms with Crippen LogP contribution in [-0.4, -0.2) is 37.7 Å². The number of ether oxygens (including phenoxy) is 1. The standard InChI is InChI=1S/C11H22N2O2/c1-11(2,15-3)10(14)13-8-6-9-5-4-7-12-9/h9,12H,4-8H2,1-3H3,(H,13,14)/t9-/m0/s1. The molecule has 88 valence electrons. The molecule has 1 saturated heterocycles. The molecule has 4 heteroatoms. The average Bonchev–Trinajstić information content (AvgIpc) is 2.70. The monoisotopic (exact) mass is 214 g/mol. The molecule has 0 radical (unpaired) electrons. The molecule has 0 bridgehead atoms.